The van der Waals surface area contributed by atoms with Crippen molar-refractivity contribution >= 4 is 23.3 Å². The number of aryl methyl sites for hydroxylation is 1. The predicted molar refractivity (Wildman–Crippen MR) is 93.8 cm³/mol. The van der Waals surface area contributed by atoms with Gasteiger partial charge in [-0.25, -0.2) is 4.79 Å². The number of imide groups is 1. The third-order valence-corrected chi connectivity index (χ3v) is 5.24. The number of urea groups is 1. The Hall–Kier alpha value is -2.18. The number of carbonyl (C=O) groups excluding carboxylic acids is 2. The number of rotatable bonds is 5. The van der Waals surface area contributed by atoms with E-state index >= 15 is 0 Å². The molecule has 0 unspecified atom stereocenters. The van der Waals surface area contributed by atoms with Crippen molar-refractivity contribution in [3.05, 3.63) is 57.8 Å². The second kappa shape index (κ2) is 7.15. The molecular weight excluding hydrogens is 322 g/mol. The first-order valence-corrected chi connectivity index (χ1v) is 8.98. The van der Waals surface area contributed by atoms with Crippen LogP contribution in [-0.4, -0.2) is 36.0 Å². The first-order chi connectivity index (χ1) is 11.6. The van der Waals surface area contributed by atoms with Crippen LogP contribution in [0.25, 0.3) is 0 Å². The monoisotopic (exact) mass is 344 g/mol. The van der Waals surface area contributed by atoms with Gasteiger partial charge in [0, 0.05) is 18.7 Å². The van der Waals surface area contributed by atoms with Crippen molar-refractivity contribution in [1.29, 1.82) is 0 Å². The molecule has 6 heteroatoms. The summed E-state index contributed by atoms with van der Waals surface area (Å²) in [5.74, 6) is -0.140. The van der Waals surface area contributed by atoms with Gasteiger partial charge in [-0.3, -0.25) is 9.69 Å². The van der Waals surface area contributed by atoms with Gasteiger partial charge in [-0.2, -0.15) is 0 Å². The Morgan fingerprint density at radius 2 is 2.04 bits per heavy atom. The lowest BCUT2D eigenvalue weighted by Crippen LogP contribution is -2.92. The van der Waals surface area contributed by atoms with E-state index in [-0.39, 0.29) is 24.0 Å². The minimum Gasteiger partial charge on any atom is -0.336 e. The molecule has 1 aliphatic heterocycles. The molecule has 3 rings (SSSR count). The third-order valence-electron chi connectivity index (χ3n) is 4.28. The largest absolute Gasteiger partial charge is 0.336 e. The molecule has 1 aliphatic rings. The van der Waals surface area contributed by atoms with Crippen LogP contribution in [0.1, 0.15) is 29.0 Å². The number of nitrogens with zero attached hydrogens (tertiary/aromatic N) is 1. The molecule has 5 nitrogen and oxygen atoms in total. The maximum atomic E-state index is 12.6. The van der Waals surface area contributed by atoms with Crippen molar-refractivity contribution in [2.45, 2.75) is 25.9 Å². The molecule has 3 N–H and O–H groups in total. The van der Waals surface area contributed by atoms with E-state index in [4.69, 9.17) is 0 Å². The summed E-state index contributed by atoms with van der Waals surface area (Å²) in [4.78, 5) is 26.8. The van der Waals surface area contributed by atoms with Gasteiger partial charge in [0.15, 0.2) is 6.04 Å². The summed E-state index contributed by atoms with van der Waals surface area (Å²) in [6, 6.07) is 11.9. The molecule has 1 aromatic carbocycles. The summed E-state index contributed by atoms with van der Waals surface area (Å²) in [5, 5.41) is 6.77. The number of carbonyl (C=O) groups is 2. The van der Waals surface area contributed by atoms with Gasteiger partial charge in [-0.1, -0.05) is 35.9 Å². The first-order valence-electron chi connectivity index (χ1n) is 8.10. The number of amides is 3. The standard InChI is InChI=1S/C18H21N3O2S/c1-12-5-7-14(8-6-12)16(15-4-3-11-24-15)20-13(2)17(22)21-10-9-19-18(21)23/h3-8,11,13,16,20H,9-10H2,1-2H3,(H,19,23)/p+1/t13-,16+/m1/s1. The van der Waals surface area contributed by atoms with Gasteiger partial charge in [-0.05, 0) is 25.3 Å². The Morgan fingerprint density at radius 1 is 1.29 bits per heavy atom. The molecule has 0 spiro atoms. The van der Waals surface area contributed by atoms with Crippen LogP contribution in [0.5, 0.6) is 0 Å². The SMILES string of the molecule is Cc1ccc([C@H]([NH2+][C@H](C)C(=O)N2CCNC2=O)c2cccs2)cc1. The Bertz CT molecular complexity index is 712. The van der Waals surface area contributed by atoms with Crippen LogP contribution >= 0.6 is 11.3 Å². The van der Waals surface area contributed by atoms with E-state index < -0.39 is 0 Å². The van der Waals surface area contributed by atoms with Gasteiger partial charge < -0.3 is 10.6 Å². The summed E-state index contributed by atoms with van der Waals surface area (Å²) < 4.78 is 0. The lowest BCUT2D eigenvalue weighted by atomic mass is 10.0. The molecule has 0 saturated carbocycles. The minimum absolute atomic E-state index is 0.0511. The molecule has 0 aliphatic carbocycles. The number of nitrogens with two attached hydrogens (primary N) is 1. The van der Waals surface area contributed by atoms with Gasteiger partial charge in [0.2, 0.25) is 0 Å². The van der Waals surface area contributed by atoms with Crippen LogP contribution in [-0.2, 0) is 4.79 Å². The first kappa shape index (κ1) is 16.7. The molecule has 1 fully saturated rings. The molecule has 2 heterocycles. The average molecular weight is 344 g/mol. The maximum absolute atomic E-state index is 12.6. The van der Waals surface area contributed by atoms with E-state index in [0.717, 1.165) is 5.56 Å². The zero-order valence-electron chi connectivity index (χ0n) is 13.9. The molecule has 24 heavy (non-hydrogen) atoms. The minimum atomic E-state index is -0.331. The molecule has 0 bridgehead atoms. The lowest BCUT2D eigenvalue weighted by Gasteiger charge is -2.22. The normalized spacial score (nSPS) is 16.8. The fourth-order valence-electron chi connectivity index (χ4n) is 2.91. The lowest BCUT2D eigenvalue weighted by molar-refractivity contribution is -0.704. The smallest absolute Gasteiger partial charge is 0.324 e. The summed E-state index contributed by atoms with van der Waals surface area (Å²) in [7, 11) is 0. The Balaban J connectivity index is 1.80. The topological polar surface area (TPSA) is 66.0 Å². The van der Waals surface area contributed by atoms with Crippen LogP contribution in [0.15, 0.2) is 41.8 Å². The number of hydrogen-bond donors (Lipinski definition) is 2. The fraction of sp³-hybridized carbons (Fsp3) is 0.333. The molecule has 1 aromatic heterocycles. The van der Waals surface area contributed by atoms with Crippen molar-refractivity contribution in [2.24, 2.45) is 0 Å². The Kier molecular flexibility index (Phi) is 4.97. The highest BCUT2D eigenvalue weighted by atomic mass is 32.1. The van der Waals surface area contributed by atoms with Gasteiger partial charge >= 0.3 is 6.03 Å². The predicted octanol–water partition coefficient (Wildman–Crippen LogP) is 1.65. The van der Waals surface area contributed by atoms with E-state index in [1.807, 2.05) is 23.7 Å². The van der Waals surface area contributed by atoms with E-state index in [9.17, 15) is 9.59 Å². The van der Waals surface area contributed by atoms with Crippen molar-refractivity contribution in [1.82, 2.24) is 10.2 Å². The highest BCUT2D eigenvalue weighted by Gasteiger charge is 2.33. The summed E-state index contributed by atoms with van der Waals surface area (Å²) in [5.41, 5.74) is 2.37. The van der Waals surface area contributed by atoms with Gasteiger partial charge in [-0.15, -0.1) is 11.3 Å². The molecule has 1 saturated heterocycles. The molecule has 126 valence electrons. The van der Waals surface area contributed by atoms with Crippen molar-refractivity contribution in [3.63, 3.8) is 0 Å². The summed E-state index contributed by atoms with van der Waals surface area (Å²) in [6.45, 7) is 4.90. The zero-order chi connectivity index (χ0) is 17.1. The quantitative estimate of drug-likeness (QED) is 0.866. The molecule has 3 amide bonds. The summed E-state index contributed by atoms with van der Waals surface area (Å²) >= 11 is 1.68. The number of nitrogens with one attached hydrogen (secondary N) is 1. The van der Waals surface area contributed by atoms with Crippen molar-refractivity contribution in [3.8, 4) is 0 Å². The molecular formula is C18H22N3O2S+. The van der Waals surface area contributed by atoms with E-state index in [2.05, 4.69) is 42.6 Å². The average Bonchev–Trinajstić information content (AvgIpc) is 3.24. The molecule has 2 atom stereocenters. The van der Waals surface area contributed by atoms with Gasteiger partial charge in [0.25, 0.3) is 5.91 Å². The molecule has 2 aromatic rings. The van der Waals surface area contributed by atoms with Gasteiger partial charge in [0.05, 0.1) is 4.88 Å². The molecule has 0 radical (unpaired) electrons. The van der Waals surface area contributed by atoms with Crippen LogP contribution < -0.4 is 10.6 Å². The summed E-state index contributed by atoms with van der Waals surface area (Å²) in [6.07, 6.45) is 0. The van der Waals surface area contributed by atoms with E-state index in [1.54, 1.807) is 11.3 Å². The highest BCUT2D eigenvalue weighted by Crippen LogP contribution is 2.23. The number of hydrogen-bond acceptors (Lipinski definition) is 3. The Morgan fingerprint density at radius 3 is 2.62 bits per heavy atom. The number of benzene rings is 1. The fourth-order valence-corrected chi connectivity index (χ4v) is 3.74. The Labute approximate surface area is 145 Å². The van der Waals surface area contributed by atoms with E-state index in [0.29, 0.717) is 13.1 Å². The second-order valence-electron chi connectivity index (χ2n) is 6.11. The van der Waals surface area contributed by atoms with Crippen LogP contribution in [0.2, 0.25) is 0 Å². The van der Waals surface area contributed by atoms with Crippen LogP contribution in [0.3, 0.4) is 0 Å². The van der Waals surface area contributed by atoms with Crippen LogP contribution in [0.4, 0.5) is 4.79 Å². The van der Waals surface area contributed by atoms with E-state index in [1.165, 1.54) is 15.3 Å². The third kappa shape index (κ3) is 3.49. The highest BCUT2D eigenvalue weighted by molar-refractivity contribution is 7.10. The number of thiophene rings is 1. The second-order valence-corrected chi connectivity index (χ2v) is 7.09. The van der Waals surface area contributed by atoms with Crippen molar-refractivity contribution < 1.29 is 14.9 Å². The zero-order valence-corrected chi connectivity index (χ0v) is 14.7. The maximum Gasteiger partial charge on any atom is 0.324 e. The van der Waals surface area contributed by atoms with Crippen LogP contribution in [0, 0.1) is 6.92 Å². The van der Waals surface area contributed by atoms with Crippen molar-refractivity contribution in [2.75, 3.05) is 13.1 Å². The number of quaternary nitrogens is 1. The van der Waals surface area contributed by atoms with Gasteiger partial charge in [0.1, 0.15) is 6.04 Å².